The first-order chi connectivity index (χ1) is 16.8. The van der Waals surface area contributed by atoms with Crippen LogP contribution >= 0.6 is 0 Å². The van der Waals surface area contributed by atoms with Crippen LogP contribution in [0.1, 0.15) is 38.3 Å². The Labute approximate surface area is 206 Å². The van der Waals surface area contributed by atoms with E-state index in [2.05, 4.69) is 15.6 Å². The molecule has 2 atom stereocenters. The van der Waals surface area contributed by atoms with Crippen molar-refractivity contribution in [3.8, 4) is 0 Å². The Hall–Kier alpha value is -3.87. The molecule has 1 heterocycles. The molecule has 3 amide bonds. The van der Waals surface area contributed by atoms with E-state index >= 15 is 0 Å². The van der Waals surface area contributed by atoms with Crippen LogP contribution in [0.25, 0.3) is 17.0 Å². The zero-order valence-corrected chi connectivity index (χ0v) is 20.7. The number of fused-ring (bicyclic) bond motifs is 1. The highest BCUT2D eigenvalue weighted by Crippen LogP contribution is 2.19. The minimum Gasteiger partial charge on any atom is -0.361 e. The average Bonchev–Trinajstić information content (AvgIpc) is 3.24. The number of benzene rings is 2. The van der Waals surface area contributed by atoms with E-state index in [0.717, 1.165) is 22.0 Å². The molecule has 0 aliphatic heterocycles. The van der Waals surface area contributed by atoms with Crippen LogP contribution in [0.5, 0.6) is 0 Å². The van der Waals surface area contributed by atoms with Crippen molar-refractivity contribution in [2.75, 3.05) is 7.05 Å². The molecule has 2 aromatic carbocycles. The number of H-pyrrole nitrogens is 1. The molecule has 0 saturated carbocycles. The van der Waals surface area contributed by atoms with E-state index in [-0.39, 0.29) is 23.6 Å². The van der Waals surface area contributed by atoms with Crippen LogP contribution in [-0.4, -0.2) is 46.7 Å². The number of aromatic amines is 1. The van der Waals surface area contributed by atoms with Crippen molar-refractivity contribution in [1.29, 1.82) is 0 Å². The highest BCUT2D eigenvalue weighted by Gasteiger charge is 2.32. The number of aromatic nitrogens is 1. The van der Waals surface area contributed by atoms with Gasteiger partial charge in [0.2, 0.25) is 17.7 Å². The zero-order chi connectivity index (χ0) is 25.4. The van der Waals surface area contributed by atoms with Gasteiger partial charge in [-0.15, -0.1) is 0 Å². The number of carbonyl (C=O) groups excluding carboxylic acids is 3. The molecule has 3 aromatic rings. The van der Waals surface area contributed by atoms with Gasteiger partial charge in [-0.05, 0) is 30.0 Å². The number of hydrogen-bond donors (Lipinski definition) is 3. The van der Waals surface area contributed by atoms with Crippen LogP contribution in [0.4, 0.5) is 0 Å². The fourth-order valence-electron chi connectivity index (χ4n) is 4.12. The summed E-state index contributed by atoms with van der Waals surface area (Å²) in [5.74, 6) is -0.662. The minimum absolute atomic E-state index is 0.199. The van der Waals surface area contributed by atoms with Crippen LogP contribution < -0.4 is 10.6 Å². The maximum atomic E-state index is 13.4. The first-order valence-corrected chi connectivity index (χ1v) is 11.9. The topological polar surface area (TPSA) is 94.3 Å². The van der Waals surface area contributed by atoms with Crippen molar-refractivity contribution in [2.45, 2.75) is 45.7 Å². The van der Waals surface area contributed by atoms with Crippen LogP contribution in [-0.2, 0) is 20.8 Å². The summed E-state index contributed by atoms with van der Waals surface area (Å²) in [4.78, 5) is 43.1. The molecule has 0 aliphatic rings. The lowest BCUT2D eigenvalue weighted by Gasteiger charge is -2.31. The predicted octanol–water partition coefficient (Wildman–Crippen LogP) is 3.88. The Balaban J connectivity index is 1.80. The van der Waals surface area contributed by atoms with Crippen LogP contribution in [0.2, 0.25) is 0 Å². The Bertz CT molecular complexity index is 1180. The summed E-state index contributed by atoms with van der Waals surface area (Å²) in [6, 6.07) is 16.1. The molecule has 0 spiro atoms. The van der Waals surface area contributed by atoms with E-state index in [1.807, 2.05) is 80.7 Å². The summed E-state index contributed by atoms with van der Waals surface area (Å²) < 4.78 is 0. The number of para-hydroxylation sites is 1. The maximum absolute atomic E-state index is 13.4. The monoisotopic (exact) mass is 474 g/mol. The van der Waals surface area contributed by atoms with E-state index < -0.39 is 12.1 Å². The van der Waals surface area contributed by atoms with Gasteiger partial charge in [-0.2, -0.15) is 0 Å². The van der Waals surface area contributed by atoms with Crippen LogP contribution in [0, 0.1) is 5.92 Å². The number of likely N-dealkylation sites (N-methyl/N-ethyl adjacent to an activating group) is 1. The summed E-state index contributed by atoms with van der Waals surface area (Å²) in [5, 5.41) is 6.65. The second kappa shape index (κ2) is 12.0. The van der Waals surface area contributed by atoms with Crippen molar-refractivity contribution < 1.29 is 14.4 Å². The quantitative estimate of drug-likeness (QED) is 0.416. The molecular weight excluding hydrogens is 440 g/mol. The molecule has 0 aliphatic carbocycles. The molecule has 7 nitrogen and oxygen atoms in total. The normalized spacial score (nSPS) is 13.1. The van der Waals surface area contributed by atoms with Crippen LogP contribution in [0.3, 0.4) is 0 Å². The van der Waals surface area contributed by atoms with Gasteiger partial charge < -0.3 is 20.5 Å². The molecule has 1 aromatic heterocycles. The Morgan fingerprint density at radius 3 is 2.40 bits per heavy atom. The largest absolute Gasteiger partial charge is 0.361 e. The van der Waals surface area contributed by atoms with Gasteiger partial charge in [0.25, 0.3) is 0 Å². The summed E-state index contributed by atoms with van der Waals surface area (Å²) in [7, 11) is 1.62. The van der Waals surface area contributed by atoms with Gasteiger partial charge in [0.15, 0.2) is 0 Å². The van der Waals surface area contributed by atoms with Gasteiger partial charge in [0.1, 0.15) is 12.1 Å². The molecule has 3 N–H and O–H groups in total. The third-order valence-corrected chi connectivity index (χ3v) is 5.88. The lowest BCUT2D eigenvalue weighted by molar-refractivity contribution is -0.141. The van der Waals surface area contributed by atoms with Crippen molar-refractivity contribution in [1.82, 2.24) is 20.5 Å². The number of carbonyl (C=O) groups is 3. The van der Waals surface area contributed by atoms with E-state index in [4.69, 9.17) is 0 Å². The Kier molecular flexibility index (Phi) is 8.84. The predicted molar refractivity (Wildman–Crippen MR) is 139 cm³/mol. The van der Waals surface area contributed by atoms with Crippen molar-refractivity contribution in [2.24, 2.45) is 5.92 Å². The number of nitrogens with zero attached hydrogens (tertiary/aromatic N) is 1. The van der Waals surface area contributed by atoms with Gasteiger partial charge in [0, 0.05) is 49.3 Å². The SMILES string of the molecule is CC(=O)N[C@H](CC(C)C)C(=O)N(C)[C@@H](Cc1ccccc1)C(=O)N/C=C/c1c[nH]c2ccccc12. The number of amides is 3. The van der Waals surface area contributed by atoms with Crippen molar-refractivity contribution in [3.05, 3.63) is 78.1 Å². The molecule has 0 fully saturated rings. The van der Waals surface area contributed by atoms with Gasteiger partial charge in [-0.1, -0.05) is 62.4 Å². The van der Waals surface area contributed by atoms with Crippen molar-refractivity contribution >= 4 is 34.7 Å². The molecule has 7 heteroatoms. The van der Waals surface area contributed by atoms with Crippen LogP contribution in [0.15, 0.2) is 67.0 Å². The molecule has 3 rings (SSSR count). The van der Waals surface area contributed by atoms with Gasteiger partial charge in [0.05, 0.1) is 0 Å². The third-order valence-electron chi connectivity index (χ3n) is 5.88. The summed E-state index contributed by atoms with van der Waals surface area (Å²) in [6.07, 6.45) is 6.16. The molecule has 35 heavy (non-hydrogen) atoms. The minimum atomic E-state index is -0.749. The molecule has 0 unspecified atom stereocenters. The maximum Gasteiger partial charge on any atom is 0.247 e. The first-order valence-electron chi connectivity index (χ1n) is 11.9. The smallest absolute Gasteiger partial charge is 0.247 e. The zero-order valence-electron chi connectivity index (χ0n) is 20.7. The van der Waals surface area contributed by atoms with Gasteiger partial charge >= 0.3 is 0 Å². The summed E-state index contributed by atoms with van der Waals surface area (Å²) in [5.41, 5.74) is 2.90. The fraction of sp³-hybridized carbons (Fsp3) is 0.321. The number of nitrogens with one attached hydrogen (secondary N) is 3. The second-order valence-corrected chi connectivity index (χ2v) is 9.17. The Morgan fingerprint density at radius 2 is 1.71 bits per heavy atom. The van der Waals surface area contributed by atoms with Gasteiger partial charge in [-0.3, -0.25) is 14.4 Å². The fourth-order valence-corrected chi connectivity index (χ4v) is 4.12. The average molecular weight is 475 g/mol. The molecule has 184 valence electrons. The summed E-state index contributed by atoms with van der Waals surface area (Å²) in [6.45, 7) is 5.38. The van der Waals surface area contributed by atoms with E-state index in [1.54, 1.807) is 13.2 Å². The lowest BCUT2D eigenvalue weighted by atomic mass is 10.00. The van der Waals surface area contributed by atoms with Crippen molar-refractivity contribution in [3.63, 3.8) is 0 Å². The van der Waals surface area contributed by atoms with E-state index in [9.17, 15) is 14.4 Å². The summed E-state index contributed by atoms with van der Waals surface area (Å²) >= 11 is 0. The lowest BCUT2D eigenvalue weighted by Crippen LogP contribution is -2.54. The highest BCUT2D eigenvalue weighted by atomic mass is 16.2. The number of hydrogen-bond acceptors (Lipinski definition) is 3. The van der Waals surface area contributed by atoms with Gasteiger partial charge in [-0.25, -0.2) is 0 Å². The molecule has 0 saturated heterocycles. The van der Waals surface area contributed by atoms with E-state index in [1.165, 1.54) is 11.8 Å². The Morgan fingerprint density at radius 1 is 1.03 bits per heavy atom. The van der Waals surface area contributed by atoms with E-state index in [0.29, 0.717) is 12.8 Å². The molecule has 0 radical (unpaired) electrons. The standard InChI is InChI=1S/C28H34N4O3/c1-19(2)16-25(31-20(3)33)28(35)32(4)26(17-21-10-6-5-7-11-21)27(34)29-15-14-22-18-30-24-13-9-8-12-23(22)24/h5-15,18-19,25-26,30H,16-17H2,1-4H3,(H,29,34)(H,31,33)/b15-14+/t25-,26+/m1/s1. The molecule has 0 bridgehead atoms. The molecular formula is C28H34N4O3. The second-order valence-electron chi connectivity index (χ2n) is 9.17. The third kappa shape index (κ3) is 7.06. The highest BCUT2D eigenvalue weighted by molar-refractivity contribution is 5.93. The first kappa shape index (κ1) is 25.7. The number of rotatable bonds is 10.